The van der Waals surface area contributed by atoms with Gasteiger partial charge in [-0.3, -0.25) is 4.79 Å². The summed E-state index contributed by atoms with van der Waals surface area (Å²) in [6.45, 7) is 5.37. The van der Waals surface area contributed by atoms with Crippen LogP contribution < -0.4 is 10.6 Å². The topological polar surface area (TPSA) is 66.9 Å². The SMILES string of the molecule is CCCNc1cc(C(=O)NCc2cccc(C)c2)nc(-c2ccccc2)n1. The molecule has 0 fully saturated rings. The van der Waals surface area contributed by atoms with Gasteiger partial charge >= 0.3 is 0 Å². The summed E-state index contributed by atoms with van der Waals surface area (Å²) in [5, 5.41) is 6.20. The van der Waals surface area contributed by atoms with E-state index in [0.717, 1.165) is 24.1 Å². The standard InChI is InChI=1S/C22H24N4O/c1-3-12-23-20-14-19(25-21(26-20)18-10-5-4-6-11-18)22(27)24-15-17-9-7-8-16(2)13-17/h4-11,13-14H,3,12,15H2,1-2H3,(H,24,27)(H,23,25,26). The lowest BCUT2D eigenvalue weighted by Gasteiger charge is -2.10. The number of amides is 1. The smallest absolute Gasteiger partial charge is 0.270 e. The largest absolute Gasteiger partial charge is 0.370 e. The lowest BCUT2D eigenvalue weighted by atomic mass is 10.1. The molecule has 138 valence electrons. The van der Waals surface area contributed by atoms with E-state index in [1.54, 1.807) is 6.07 Å². The van der Waals surface area contributed by atoms with Gasteiger partial charge in [0.2, 0.25) is 0 Å². The number of carbonyl (C=O) groups is 1. The fourth-order valence-corrected chi connectivity index (χ4v) is 2.72. The highest BCUT2D eigenvalue weighted by molar-refractivity contribution is 5.93. The molecule has 1 aromatic heterocycles. The molecule has 0 bridgehead atoms. The van der Waals surface area contributed by atoms with Crippen LogP contribution in [0.15, 0.2) is 60.7 Å². The maximum Gasteiger partial charge on any atom is 0.270 e. The second-order valence-electron chi connectivity index (χ2n) is 6.43. The number of aromatic nitrogens is 2. The molecular weight excluding hydrogens is 336 g/mol. The number of nitrogens with zero attached hydrogens (tertiary/aromatic N) is 2. The Morgan fingerprint density at radius 3 is 2.56 bits per heavy atom. The van der Waals surface area contributed by atoms with E-state index in [1.807, 2.05) is 55.5 Å². The molecular formula is C22H24N4O. The van der Waals surface area contributed by atoms with Crippen LogP contribution in [0.3, 0.4) is 0 Å². The Kier molecular flexibility index (Phi) is 6.15. The molecule has 0 aliphatic carbocycles. The van der Waals surface area contributed by atoms with Crippen molar-refractivity contribution >= 4 is 11.7 Å². The number of hydrogen-bond acceptors (Lipinski definition) is 4. The predicted molar refractivity (Wildman–Crippen MR) is 109 cm³/mol. The summed E-state index contributed by atoms with van der Waals surface area (Å²) in [5.74, 6) is 0.986. The molecule has 5 heteroatoms. The number of hydrogen-bond donors (Lipinski definition) is 2. The third kappa shape index (κ3) is 5.14. The average molecular weight is 360 g/mol. The van der Waals surface area contributed by atoms with Crippen LogP contribution in [0.4, 0.5) is 5.82 Å². The Morgan fingerprint density at radius 1 is 1.00 bits per heavy atom. The van der Waals surface area contributed by atoms with Gasteiger partial charge in [-0.15, -0.1) is 0 Å². The van der Waals surface area contributed by atoms with Gasteiger partial charge in [-0.1, -0.05) is 67.1 Å². The van der Waals surface area contributed by atoms with Gasteiger partial charge in [-0.2, -0.15) is 0 Å². The summed E-state index contributed by atoms with van der Waals surface area (Å²) in [7, 11) is 0. The molecule has 5 nitrogen and oxygen atoms in total. The maximum absolute atomic E-state index is 12.7. The molecule has 0 unspecified atom stereocenters. The molecule has 0 atom stereocenters. The zero-order valence-corrected chi connectivity index (χ0v) is 15.7. The van der Waals surface area contributed by atoms with Gasteiger partial charge in [-0.25, -0.2) is 9.97 Å². The van der Waals surface area contributed by atoms with E-state index in [-0.39, 0.29) is 5.91 Å². The molecule has 3 aromatic rings. The monoisotopic (exact) mass is 360 g/mol. The molecule has 2 aromatic carbocycles. The van der Waals surface area contributed by atoms with Gasteiger partial charge in [-0.05, 0) is 18.9 Å². The van der Waals surface area contributed by atoms with Crippen LogP contribution in [0.25, 0.3) is 11.4 Å². The minimum atomic E-state index is -0.212. The van der Waals surface area contributed by atoms with Gasteiger partial charge in [0.1, 0.15) is 11.5 Å². The molecule has 0 spiro atoms. The fourth-order valence-electron chi connectivity index (χ4n) is 2.72. The van der Waals surface area contributed by atoms with Crippen molar-refractivity contribution in [3.8, 4) is 11.4 Å². The number of aryl methyl sites for hydroxylation is 1. The Bertz CT molecular complexity index is 909. The van der Waals surface area contributed by atoms with Crippen LogP contribution in [0, 0.1) is 6.92 Å². The van der Waals surface area contributed by atoms with Crippen molar-refractivity contribution in [1.29, 1.82) is 0 Å². The molecule has 3 rings (SSSR count). The highest BCUT2D eigenvalue weighted by atomic mass is 16.1. The molecule has 0 aliphatic heterocycles. The first-order valence-corrected chi connectivity index (χ1v) is 9.18. The van der Waals surface area contributed by atoms with E-state index in [0.29, 0.717) is 23.9 Å². The summed E-state index contributed by atoms with van der Waals surface area (Å²) < 4.78 is 0. The van der Waals surface area contributed by atoms with Gasteiger partial charge in [0.15, 0.2) is 5.82 Å². The lowest BCUT2D eigenvalue weighted by molar-refractivity contribution is 0.0946. The molecule has 0 aliphatic rings. The summed E-state index contributed by atoms with van der Waals surface area (Å²) in [5.41, 5.74) is 3.46. The Morgan fingerprint density at radius 2 is 1.81 bits per heavy atom. The third-order valence-electron chi connectivity index (χ3n) is 4.08. The van der Waals surface area contributed by atoms with Crippen LogP contribution in [0.1, 0.15) is 35.0 Å². The molecule has 0 radical (unpaired) electrons. The van der Waals surface area contributed by atoms with Gasteiger partial charge < -0.3 is 10.6 Å². The molecule has 1 amide bonds. The van der Waals surface area contributed by atoms with Crippen molar-refractivity contribution in [3.05, 3.63) is 77.5 Å². The highest BCUT2D eigenvalue weighted by Gasteiger charge is 2.13. The van der Waals surface area contributed by atoms with Gasteiger partial charge in [0, 0.05) is 24.7 Å². The number of rotatable bonds is 7. The van der Waals surface area contributed by atoms with Crippen molar-refractivity contribution in [2.75, 3.05) is 11.9 Å². The van der Waals surface area contributed by atoms with Gasteiger partial charge in [0.05, 0.1) is 0 Å². The molecule has 0 saturated carbocycles. The minimum absolute atomic E-state index is 0.212. The summed E-state index contributed by atoms with van der Waals surface area (Å²) in [6, 6.07) is 19.5. The number of benzene rings is 2. The Hall–Kier alpha value is -3.21. The third-order valence-corrected chi connectivity index (χ3v) is 4.08. The van der Waals surface area contributed by atoms with E-state index in [1.165, 1.54) is 5.56 Å². The Balaban J connectivity index is 1.83. The van der Waals surface area contributed by atoms with E-state index < -0.39 is 0 Å². The van der Waals surface area contributed by atoms with Crippen molar-refractivity contribution in [2.24, 2.45) is 0 Å². The minimum Gasteiger partial charge on any atom is -0.370 e. The molecule has 2 N–H and O–H groups in total. The maximum atomic E-state index is 12.7. The van der Waals surface area contributed by atoms with Crippen LogP contribution in [0.2, 0.25) is 0 Å². The summed E-state index contributed by atoms with van der Waals surface area (Å²) >= 11 is 0. The number of anilines is 1. The number of carbonyl (C=O) groups excluding carboxylic acids is 1. The van der Waals surface area contributed by atoms with Crippen molar-refractivity contribution in [1.82, 2.24) is 15.3 Å². The lowest BCUT2D eigenvalue weighted by Crippen LogP contribution is -2.24. The second kappa shape index (κ2) is 8.94. The first-order chi connectivity index (χ1) is 13.2. The van der Waals surface area contributed by atoms with E-state index in [2.05, 4.69) is 33.6 Å². The Labute approximate surface area is 159 Å². The fraction of sp³-hybridized carbons (Fsp3) is 0.227. The van der Waals surface area contributed by atoms with Crippen LogP contribution in [-0.2, 0) is 6.54 Å². The van der Waals surface area contributed by atoms with Crippen molar-refractivity contribution in [2.45, 2.75) is 26.8 Å². The normalized spacial score (nSPS) is 10.4. The van der Waals surface area contributed by atoms with E-state index in [9.17, 15) is 4.79 Å². The molecule has 0 saturated heterocycles. The first kappa shape index (κ1) is 18.6. The molecule has 27 heavy (non-hydrogen) atoms. The van der Waals surface area contributed by atoms with Crippen LogP contribution >= 0.6 is 0 Å². The van der Waals surface area contributed by atoms with Crippen molar-refractivity contribution in [3.63, 3.8) is 0 Å². The zero-order valence-electron chi connectivity index (χ0n) is 15.7. The van der Waals surface area contributed by atoms with E-state index >= 15 is 0 Å². The van der Waals surface area contributed by atoms with Crippen LogP contribution in [-0.4, -0.2) is 22.4 Å². The molecule has 1 heterocycles. The second-order valence-corrected chi connectivity index (χ2v) is 6.43. The van der Waals surface area contributed by atoms with Crippen molar-refractivity contribution < 1.29 is 4.79 Å². The zero-order chi connectivity index (χ0) is 19.1. The van der Waals surface area contributed by atoms with Crippen LogP contribution in [0.5, 0.6) is 0 Å². The summed E-state index contributed by atoms with van der Waals surface area (Å²) in [6.07, 6.45) is 0.972. The van der Waals surface area contributed by atoms with E-state index in [4.69, 9.17) is 0 Å². The predicted octanol–water partition coefficient (Wildman–Crippen LogP) is 4.20. The average Bonchev–Trinajstić information content (AvgIpc) is 2.71. The number of nitrogens with one attached hydrogen (secondary N) is 2. The highest BCUT2D eigenvalue weighted by Crippen LogP contribution is 2.18. The first-order valence-electron chi connectivity index (χ1n) is 9.18. The van der Waals surface area contributed by atoms with Gasteiger partial charge in [0.25, 0.3) is 5.91 Å². The quantitative estimate of drug-likeness (QED) is 0.662. The summed E-state index contributed by atoms with van der Waals surface area (Å²) in [4.78, 5) is 21.7.